The van der Waals surface area contributed by atoms with Crippen LogP contribution in [0.25, 0.3) is 5.69 Å². The van der Waals surface area contributed by atoms with E-state index in [1.807, 2.05) is 24.2 Å². The number of aromatic nitrogens is 2. The normalized spacial score (nSPS) is 21.2. The molecule has 1 aliphatic rings. The Labute approximate surface area is 142 Å². The van der Waals surface area contributed by atoms with E-state index in [0.717, 1.165) is 17.8 Å². The molecule has 2 atom stereocenters. The van der Waals surface area contributed by atoms with E-state index in [9.17, 15) is 4.79 Å². The number of methoxy groups -OCH3 is 1. The Balaban J connectivity index is 1.71. The summed E-state index contributed by atoms with van der Waals surface area (Å²) in [6, 6.07) is 6.05. The van der Waals surface area contributed by atoms with Gasteiger partial charge in [0.2, 0.25) is 5.91 Å². The lowest BCUT2D eigenvalue weighted by Gasteiger charge is -2.17. The highest BCUT2D eigenvalue weighted by molar-refractivity contribution is 5.94. The number of carbonyl (C=O) groups excluding carboxylic acids is 1. The highest BCUT2D eigenvalue weighted by Gasteiger charge is 2.34. The predicted molar refractivity (Wildman–Crippen MR) is 93.5 cm³/mol. The number of nitrogens with zero attached hydrogens (tertiary/aromatic N) is 3. The third kappa shape index (κ3) is 3.34. The Hall–Kier alpha value is -2.18. The van der Waals surface area contributed by atoms with Gasteiger partial charge in [0.25, 0.3) is 0 Å². The fraction of sp³-hybridized carbons (Fsp3) is 0.444. The summed E-state index contributed by atoms with van der Waals surface area (Å²) in [4.78, 5) is 14.5. The topological polar surface area (TPSA) is 59.4 Å². The fourth-order valence-electron chi connectivity index (χ4n) is 3.24. The number of amides is 1. The zero-order chi connectivity index (χ0) is 17.3. The molecule has 0 bridgehead atoms. The summed E-state index contributed by atoms with van der Waals surface area (Å²) in [7, 11) is 3.63. The lowest BCUT2D eigenvalue weighted by molar-refractivity contribution is -0.120. The van der Waals surface area contributed by atoms with Gasteiger partial charge in [0.15, 0.2) is 0 Å². The molecule has 6 heteroatoms. The van der Waals surface area contributed by atoms with Gasteiger partial charge in [-0.15, -0.1) is 0 Å². The minimum atomic E-state index is -0.167. The molecule has 1 N–H and O–H groups in total. The van der Waals surface area contributed by atoms with Gasteiger partial charge in [-0.1, -0.05) is 17.7 Å². The Morgan fingerprint density at radius 2 is 2.17 bits per heavy atom. The zero-order valence-electron chi connectivity index (χ0n) is 14.6. The number of rotatable bonds is 4. The van der Waals surface area contributed by atoms with E-state index < -0.39 is 0 Å². The monoisotopic (exact) mass is 328 g/mol. The van der Waals surface area contributed by atoms with Crippen molar-refractivity contribution in [2.45, 2.75) is 32.4 Å². The highest BCUT2D eigenvalue weighted by Crippen LogP contribution is 2.21. The summed E-state index contributed by atoms with van der Waals surface area (Å²) in [5.41, 5.74) is 4.08. The molecule has 0 unspecified atom stereocenters. The van der Waals surface area contributed by atoms with Crippen molar-refractivity contribution in [2.24, 2.45) is 0 Å². The fourth-order valence-corrected chi connectivity index (χ4v) is 3.24. The van der Waals surface area contributed by atoms with Crippen LogP contribution in [0.4, 0.5) is 5.69 Å². The molecule has 0 saturated carbocycles. The number of carbonyl (C=O) groups is 1. The first-order valence-corrected chi connectivity index (χ1v) is 8.14. The van der Waals surface area contributed by atoms with Gasteiger partial charge in [-0.25, -0.2) is 4.68 Å². The van der Waals surface area contributed by atoms with E-state index in [1.54, 1.807) is 18.0 Å². The van der Waals surface area contributed by atoms with Gasteiger partial charge in [0, 0.05) is 13.7 Å². The van der Waals surface area contributed by atoms with Gasteiger partial charge in [0.05, 0.1) is 35.9 Å². The van der Waals surface area contributed by atoms with Crippen LogP contribution < -0.4 is 5.32 Å². The van der Waals surface area contributed by atoms with Gasteiger partial charge >= 0.3 is 0 Å². The molecule has 0 radical (unpaired) electrons. The van der Waals surface area contributed by atoms with Crippen LogP contribution in [-0.2, 0) is 9.53 Å². The molecule has 128 valence electrons. The molecule has 6 nitrogen and oxygen atoms in total. The molecule has 3 rings (SSSR count). The molecule has 1 aromatic carbocycles. The molecule has 0 aliphatic carbocycles. The first-order chi connectivity index (χ1) is 11.5. The Kier molecular flexibility index (Phi) is 4.69. The first kappa shape index (κ1) is 16.7. The number of likely N-dealkylation sites (N-methyl/N-ethyl adjacent to an activating group) is 1. The second-order valence-corrected chi connectivity index (χ2v) is 6.50. The quantitative estimate of drug-likeness (QED) is 0.934. The highest BCUT2D eigenvalue weighted by atomic mass is 16.5. The van der Waals surface area contributed by atoms with Gasteiger partial charge < -0.3 is 10.1 Å². The smallest absolute Gasteiger partial charge is 0.241 e. The number of anilines is 1. The van der Waals surface area contributed by atoms with Crippen molar-refractivity contribution in [2.75, 3.05) is 26.0 Å². The van der Waals surface area contributed by atoms with E-state index in [4.69, 9.17) is 4.74 Å². The maximum absolute atomic E-state index is 12.5. The lowest BCUT2D eigenvalue weighted by Crippen LogP contribution is -2.36. The Bertz CT molecular complexity index is 740. The third-order valence-corrected chi connectivity index (χ3v) is 4.60. The average Bonchev–Trinajstić information content (AvgIpc) is 3.13. The summed E-state index contributed by atoms with van der Waals surface area (Å²) < 4.78 is 7.15. The minimum Gasteiger partial charge on any atom is -0.380 e. The van der Waals surface area contributed by atoms with Crippen LogP contribution in [0, 0.1) is 13.8 Å². The van der Waals surface area contributed by atoms with Crippen molar-refractivity contribution in [1.82, 2.24) is 14.7 Å². The lowest BCUT2D eigenvalue weighted by atomic mass is 10.1. The molecular weight excluding hydrogens is 304 g/mol. The van der Waals surface area contributed by atoms with Crippen LogP contribution in [0.15, 0.2) is 30.6 Å². The van der Waals surface area contributed by atoms with Crippen molar-refractivity contribution in [3.05, 3.63) is 41.7 Å². The Morgan fingerprint density at radius 3 is 2.83 bits per heavy atom. The van der Waals surface area contributed by atoms with E-state index in [2.05, 4.69) is 36.4 Å². The molecular formula is C18H24N4O2. The van der Waals surface area contributed by atoms with Crippen molar-refractivity contribution >= 4 is 11.6 Å². The summed E-state index contributed by atoms with van der Waals surface area (Å²) in [5.74, 6) is -0.0165. The second-order valence-electron chi connectivity index (χ2n) is 6.50. The van der Waals surface area contributed by atoms with Crippen molar-refractivity contribution in [1.29, 1.82) is 0 Å². The number of nitrogens with one attached hydrogen (secondary N) is 1. The van der Waals surface area contributed by atoms with Gasteiger partial charge in [-0.2, -0.15) is 5.10 Å². The van der Waals surface area contributed by atoms with Crippen molar-refractivity contribution in [3.63, 3.8) is 0 Å². The van der Waals surface area contributed by atoms with E-state index in [0.29, 0.717) is 12.1 Å². The van der Waals surface area contributed by atoms with Crippen LogP contribution >= 0.6 is 0 Å². The van der Waals surface area contributed by atoms with Gasteiger partial charge in [-0.05, 0) is 38.9 Å². The largest absolute Gasteiger partial charge is 0.380 e. The van der Waals surface area contributed by atoms with E-state index in [-0.39, 0.29) is 18.1 Å². The number of likely N-dealkylation sites (tertiary alicyclic amines) is 1. The van der Waals surface area contributed by atoms with E-state index >= 15 is 0 Å². The summed E-state index contributed by atoms with van der Waals surface area (Å²) in [6.07, 6.45) is 4.35. The molecule has 1 fully saturated rings. The summed E-state index contributed by atoms with van der Waals surface area (Å²) >= 11 is 0. The zero-order valence-corrected chi connectivity index (χ0v) is 14.6. The number of ether oxygens (including phenoxy) is 1. The molecule has 2 aromatic rings. The molecule has 1 amide bonds. The SMILES string of the molecule is CO[C@H]1C[C@@H](C(=O)Nc2cnn(-c3ccc(C)cc3C)c2)N(C)C1. The summed E-state index contributed by atoms with van der Waals surface area (Å²) in [6.45, 7) is 4.90. The molecule has 1 saturated heterocycles. The molecule has 1 aliphatic heterocycles. The first-order valence-electron chi connectivity index (χ1n) is 8.14. The molecule has 1 aromatic heterocycles. The van der Waals surface area contributed by atoms with Gasteiger partial charge in [0.1, 0.15) is 0 Å². The summed E-state index contributed by atoms with van der Waals surface area (Å²) in [5, 5.41) is 7.33. The number of hydrogen-bond donors (Lipinski definition) is 1. The van der Waals surface area contributed by atoms with Gasteiger partial charge in [-0.3, -0.25) is 9.69 Å². The molecule has 2 heterocycles. The van der Waals surface area contributed by atoms with Crippen LogP contribution in [-0.4, -0.2) is 53.4 Å². The van der Waals surface area contributed by atoms with Crippen LogP contribution in [0.5, 0.6) is 0 Å². The van der Waals surface area contributed by atoms with Crippen LogP contribution in [0.2, 0.25) is 0 Å². The average molecular weight is 328 g/mol. The van der Waals surface area contributed by atoms with Crippen molar-refractivity contribution in [3.8, 4) is 5.69 Å². The minimum absolute atomic E-state index is 0.0165. The molecule has 0 spiro atoms. The maximum atomic E-state index is 12.5. The van der Waals surface area contributed by atoms with Crippen molar-refractivity contribution < 1.29 is 9.53 Å². The van der Waals surface area contributed by atoms with Crippen LogP contribution in [0.3, 0.4) is 0 Å². The maximum Gasteiger partial charge on any atom is 0.241 e. The standard InChI is InChI=1S/C18H24N4O2/c1-12-5-6-16(13(2)7-12)22-10-14(9-19-22)20-18(23)17-8-15(24-4)11-21(17)3/h5-7,9-10,15,17H,8,11H2,1-4H3,(H,20,23)/t15-,17-/m0/s1. The van der Waals surface area contributed by atoms with E-state index in [1.165, 1.54) is 5.56 Å². The van der Waals surface area contributed by atoms with Crippen LogP contribution in [0.1, 0.15) is 17.5 Å². The second kappa shape index (κ2) is 6.75. The molecule has 24 heavy (non-hydrogen) atoms. The Morgan fingerprint density at radius 1 is 1.38 bits per heavy atom. The number of hydrogen-bond acceptors (Lipinski definition) is 4. The number of aryl methyl sites for hydroxylation is 2. The number of benzene rings is 1. The third-order valence-electron chi connectivity index (χ3n) is 4.60. The predicted octanol–water partition coefficient (Wildman–Crippen LogP) is 2.15.